The van der Waals surface area contributed by atoms with Crippen LogP contribution in [-0.2, 0) is 4.79 Å². The Labute approximate surface area is 148 Å². The Hall–Kier alpha value is -2.87. The molecule has 1 unspecified atom stereocenters. The van der Waals surface area contributed by atoms with Gasteiger partial charge in [-0.2, -0.15) is 0 Å². The number of aromatic nitrogens is 1. The number of hydrogen-bond donors (Lipinski definition) is 2. The lowest BCUT2D eigenvalue weighted by Gasteiger charge is -2.11. The molecule has 2 amide bonds. The van der Waals surface area contributed by atoms with Crippen LogP contribution in [0.3, 0.4) is 0 Å². The molecule has 130 valence electrons. The highest BCUT2D eigenvalue weighted by atomic mass is 32.1. The fourth-order valence-corrected chi connectivity index (χ4v) is 3.06. The Balaban J connectivity index is 1.65. The average Bonchev–Trinajstić information content (AvgIpc) is 3.23. The van der Waals surface area contributed by atoms with E-state index in [0.29, 0.717) is 17.3 Å². The molecule has 8 heteroatoms. The summed E-state index contributed by atoms with van der Waals surface area (Å²) in [6.07, 6.45) is 2.72. The number of fused-ring (bicyclic) bond motifs is 1. The van der Waals surface area contributed by atoms with Crippen molar-refractivity contribution in [2.45, 2.75) is 19.9 Å². The summed E-state index contributed by atoms with van der Waals surface area (Å²) in [6.45, 7) is 4.11. The van der Waals surface area contributed by atoms with Crippen LogP contribution in [0.4, 0.5) is 5.13 Å². The van der Waals surface area contributed by atoms with Crippen LogP contribution >= 0.6 is 11.3 Å². The molecule has 0 aliphatic rings. The molecule has 7 nitrogen and oxygen atoms in total. The highest BCUT2D eigenvalue weighted by Crippen LogP contribution is 2.29. The van der Waals surface area contributed by atoms with Crippen LogP contribution in [-0.4, -0.2) is 29.4 Å². The maximum atomic E-state index is 12.3. The molecule has 0 saturated heterocycles. The molecule has 0 spiro atoms. The largest absolute Gasteiger partial charge is 0.494 e. The smallest absolute Gasteiger partial charge is 0.255 e. The molecule has 2 aromatic heterocycles. The number of benzene rings is 1. The van der Waals surface area contributed by atoms with Crippen molar-refractivity contribution in [3.8, 4) is 5.75 Å². The van der Waals surface area contributed by atoms with E-state index in [2.05, 4.69) is 15.6 Å². The Morgan fingerprint density at radius 2 is 2.20 bits per heavy atom. The molecular weight excluding hydrogens is 342 g/mol. The number of furan rings is 1. The number of nitrogens with zero attached hydrogens (tertiary/aromatic N) is 1. The van der Waals surface area contributed by atoms with Gasteiger partial charge in [-0.1, -0.05) is 11.3 Å². The second-order valence-corrected chi connectivity index (χ2v) is 6.31. The van der Waals surface area contributed by atoms with Crippen molar-refractivity contribution in [2.75, 3.05) is 11.9 Å². The molecule has 2 heterocycles. The Morgan fingerprint density at radius 3 is 2.92 bits per heavy atom. The number of rotatable bonds is 6. The van der Waals surface area contributed by atoms with Gasteiger partial charge in [0, 0.05) is 0 Å². The normalized spacial score (nSPS) is 11.9. The molecule has 1 atom stereocenters. The minimum Gasteiger partial charge on any atom is -0.494 e. The van der Waals surface area contributed by atoms with E-state index in [1.807, 2.05) is 25.1 Å². The lowest BCUT2D eigenvalue weighted by Crippen LogP contribution is -2.41. The second-order valence-electron chi connectivity index (χ2n) is 5.28. The van der Waals surface area contributed by atoms with Crippen LogP contribution in [0.2, 0.25) is 0 Å². The molecule has 0 bridgehead atoms. The summed E-state index contributed by atoms with van der Waals surface area (Å²) in [5.41, 5.74) is 1.14. The zero-order valence-electron chi connectivity index (χ0n) is 13.7. The van der Waals surface area contributed by atoms with E-state index in [9.17, 15) is 9.59 Å². The van der Waals surface area contributed by atoms with Crippen molar-refractivity contribution in [1.82, 2.24) is 10.3 Å². The number of hydrogen-bond acceptors (Lipinski definition) is 6. The molecule has 3 rings (SSSR count). The monoisotopic (exact) mass is 359 g/mol. The Kier molecular flexibility index (Phi) is 4.99. The quantitative estimate of drug-likeness (QED) is 0.705. The van der Waals surface area contributed by atoms with E-state index in [1.165, 1.54) is 29.9 Å². The van der Waals surface area contributed by atoms with E-state index in [0.717, 1.165) is 16.0 Å². The minimum atomic E-state index is -0.714. The van der Waals surface area contributed by atoms with Crippen LogP contribution < -0.4 is 15.4 Å². The van der Waals surface area contributed by atoms with Gasteiger partial charge in [-0.3, -0.25) is 9.59 Å². The molecule has 0 saturated carbocycles. The first-order chi connectivity index (χ1) is 12.1. The van der Waals surface area contributed by atoms with Crippen molar-refractivity contribution in [3.63, 3.8) is 0 Å². The number of thiazole rings is 1. The number of anilines is 1. The zero-order valence-corrected chi connectivity index (χ0v) is 14.6. The van der Waals surface area contributed by atoms with E-state index in [-0.39, 0.29) is 11.8 Å². The second kappa shape index (κ2) is 7.35. The predicted molar refractivity (Wildman–Crippen MR) is 95.1 cm³/mol. The van der Waals surface area contributed by atoms with Crippen molar-refractivity contribution in [1.29, 1.82) is 0 Å². The molecule has 25 heavy (non-hydrogen) atoms. The van der Waals surface area contributed by atoms with Crippen LogP contribution in [0.15, 0.2) is 41.2 Å². The topological polar surface area (TPSA) is 93.5 Å². The lowest BCUT2D eigenvalue weighted by atomic mass is 10.2. The molecule has 1 aromatic carbocycles. The predicted octanol–water partition coefficient (Wildman–Crippen LogP) is 3.05. The number of amides is 2. The van der Waals surface area contributed by atoms with Crippen LogP contribution in [0.1, 0.15) is 24.2 Å². The van der Waals surface area contributed by atoms with Crippen LogP contribution in [0, 0.1) is 0 Å². The van der Waals surface area contributed by atoms with Gasteiger partial charge >= 0.3 is 0 Å². The van der Waals surface area contributed by atoms with Crippen LogP contribution in [0.5, 0.6) is 5.75 Å². The summed E-state index contributed by atoms with van der Waals surface area (Å²) >= 11 is 1.35. The standard InChI is InChI=1S/C17H17N3O4S/c1-3-24-12-4-5-13-14(8-12)25-17(19-13)20-15(21)10(2)18-16(22)11-6-7-23-9-11/h4-10H,3H2,1-2H3,(H,18,22)(H,19,20,21). The lowest BCUT2D eigenvalue weighted by molar-refractivity contribution is -0.117. The number of carbonyl (C=O) groups excluding carboxylic acids is 2. The first-order valence-electron chi connectivity index (χ1n) is 7.74. The highest BCUT2D eigenvalue weighted by molar-refractivity contribution is 7.22. The summed E-state index contributed by atoms with van der Waals surface area (Å²) in [5, 5.41) is 5.80. The van der Waals surface area contributed by atoms with E-state index >= 15 is 0 Å². The molecule has 0 aliphatic heterocycles. The first kappa shape index (κ1) is 17.0. The summed E-state index contributed by atoms with van der Waals surface area (Å²) in [4.78, 5) is 28.6. The SMILES string of the molecule is CCOc1ccc2nc(NC(=O)C(C)NC(=O)c3ccoc3)sc2c1. The Morgan fingerprint density at radius 1 is 1.36 bits per heavy atom. The molecule has 0 fully saturated rings. The third-order valence-corrected chi connectivity index (χ3v) is 4.36. The van der Waals surface area contributed by atoms with Crippen molar-refractivity contribution >= 4 is 38.5 Å². The van der Waals surface area contributed by atoms with Gasteiger partial charge in [0.15, 0.2) is 5.13 Å². The summed E-state index contributed by atoms with van der Waals surface area (Å²) < 4.78 is 11.2. The zero-order chi connectivity index (χ0) is 17.8. The van der Waals surface area contributed by atoms with Crippen LogP contribution in [0.25, 0.3) is 10.2 Å². The maximum Gasteiger partial charge on any atom is 0.255 e. The van der Waals surface area contributed by atoms with Crippen molar-refractivity contribution in [2.24, 2.45) is 0 Å². The molecular formula is C17H17N3O4S. The highest BCUT2D eigenvalue weighted by Gasteiger charge is 2.18. The maximum absolute atomic E-state index is 12.3. The van der Waals surface area contributed by atoms with E-state index in [4.69, 9.17) is 9.15 Å². The van der Waals surface area contributed by atoms with Gasteiger partial charge in [0.05, 0.1) is 28.7 Å². The fourth-order valence-electron chi connectivity index (χ4n) is 2.17. The van der Waals surface area contributed by atoms with Gasteiger partial charge in [0.25, 0.3) is 5.91 Å². The summed E-state index contributed by atoms with van der Waals surface area (Å²) in [6, 6.07) is 6.38. The molecule has 2 N–H and O–H groups in total. The minimum absolute atomic E-state index is 0.346. The van der Waals surface area contributed by atoms with E-state index < -0.39 is 6.04 Å². The molecule has 3 aromatic rings. The molecule has 0 aliphatic carbocycles. The molecule has 0 radical (unpaired) electrons. The van der Waals surface area contributed by atoms with Gasteiger partial charge < -0.3 is 19.8 Å². The third kappa shape index (κ3) is 3.97. The van der Waals surface area contributed by atoms with E-state index in [1.54, 1.807) is 6.92 Å². The summed E-state index contributed by atoms with van der Waals surface area (Å²) in [5.74, 6) is 0.0419. The third-order valence-electron chi connectivity index (χ3n) is 3.43. The van der Waals surface area contributed by atoms with Gasteiger partial charge in [-0.25, -0.2) is 4.98 Å². The number of nitrogens with one attached hydrogen (secondary N) is 2. The van der Waals surface area contributed by atoms with Gasteiger partial charge in [0.2, 0.25) is 5.91 Å². The first-order valence-corrected chi connectivity index (χ1v) is 8.55. The van der Waals surface area contributed by atoms with Gasteiger partial charge in [-0.05, 0) is 38.1 Å². The van der Waals surface area contributed by atoms with Crippen molar-refractivity contribution in [3.05, 3.63) is 42.4 Å². The number of ether oxygens (including phenoxy) is 1. The van der Waals surface area contributed by atoms with Gasteiger partial charge in [-0.15, -0.1) is 0 Å². The number of carbonyl (C=O) groups is 2. The fraction of sp³-hybridized carbons (Fsp3) is 0.235. The average molecular weight is 359 g/mol. The summed E-state index contributed by atoms with van der Waals surface area (Å²) in [7, 11) is 0. The Bertz CT molecular complexity index is 889. The van der Waals surface area contributed by atoms with Gasteiger partial charge in [0.1, 0.15) is 18.1 Å². The van der Waals surface area contributed by atoms with Crippen molar-refractivity contribution < 1.29 is 18.7 Å².